The van der Waals surface area contributed by atoms with Gasteiger partial charge in [0.15, 0.2) is 11.4 Å². The zero-order valence-electron chi connectivity index (χ0n) is 17.2. The lowest BCUT2D eigenvalue weighted by Crippen LogP contribution is -2.41. The zero-order chi connectivity index (χ0) is 20.7. The van der Waals surface area contributed by atoms with Crippen LogP contribution in [-0.4, -0.2) is 29.0 Å². The standard InChI is InChI=1S/C24H24N4O2/c1-15-9-10-18(12-16(15)2)27-24(29)17-6-5-11-28(13-17)23-22-21(25-14-26-23)19-7-3-4-8-20(19)30-22/h3-4,7-10,12,14,17H,5-6,11,13H2,1-2H3,(H,27,29)/t17-/m0/s1. The number of hydrogen-bond donors (Lipinski definition) is 1. The molecule has 152 valence electrons. The molecule has 1 amide bonds. The first-order valence-corrected chi connectivity index (χ1v) is 10.4. The topological polar surface area (TPSA) is 71.3 Å². The van der Waals surface area contributed by atoms with Gasteiger partial charge in [0, 0.05) is 24.2 Å². The Hall–Kier alpha value is -3.41. The van der Waals surface area contributed by atoms with Crippen LogP contribution in [0, 0.1) is 19.8 Å². The molecule has 0 bridgehead atoms. The van der Waals surface area contributed by atoms with E-state index < -0.39 is 0 Å². The summed E-state index contributed by atoms with van der Waals surface area (Å²) in [6, 6.07) is 13.9. The first kappa shape index (κ1) is 18.6. The molecule has 4 aromatic rings. The maximum Gasteiger partial charge on any atom is 0.229 e. The van der Waals surface area contributed by atoms with Gasteiger partial charge in [0.1, 0.15) is 17.4 Å². The van der Waals surface area contributed by atoms with Crippen molar-refractivity contribution >= 4 is 39.5 Å². The monoisotopic (exact) mass is 400 g/mol. The van der Waals surface area contributed by atoms with Gasteiger partial charge in [0.2, 0.25) is 5.91 Å². The number of anilines is 2. The van der Waals surface area contributed by atoms with Crippen LogP contribution in [0.2, 0.25) is 0 Å². The molecule has 1 aliphatic heterocycles. The number of rotatable bonds is 3. The van der Waals surface area contributed by atoms with Crippen molar-refractivity contribution in [3.63, 3.8) is 0 Å². The fourth-order valence-corrected chi connectivity index (χ4v) is 4.18. The van der Waals surface area contributed by atoms with Crippen molar-refractivity contribution in [1.29, 1.82) is 0 Å². The molecule has 5 rings (SSSR count). The Labute approximate surface area is 174 Å². The predicted octanol–water partition coefficient (Wildman–Crippen LogP) is 4.85. The molecule has 30 heavy (non-hydrogen) atoms. The summed E-state index contributed by atoms with van der Waals surface area (Å²) in [4.78, 5) is 24.1. The van der Waals surface area contributed by atoms with Crippen LogP contribution in [-0.2, 0) is 4.79 Å². The summed E-state index contributed by atoms with van der Waals surface area (Å²) in [7, 11) is 0. The highest BCUT2D eigenvalue weighted by molar-refractivity contribution is 6.05. The quantitative estimate of drug-likeness (QED) is 0.532. The molecule has 1 N–H and O–H groups in total. The third-order valence-corrected chi connectivity index (χ3v) is 6.01. The normalized spacial score (nSPS) is 16.9. The van der Waals surface area contributed by atoms with E-state index in [0.29, 0.717) is 12.1 Å². The number of carbonyl (C=O) groups excluding carboxylic acids is 1. The van der Waals surface area contributed by atoms with E-state index in [4.69, 9.17) is 4.42 Å². The van der Waals surface area contributed by atoms with E-state index in [9.17, 15) is 4.79 Å². The second kappa shape index (κ2) is 7.44. The molecular formula is C24H24N4O2. The smallest absolute Gasteiger partial charge is 0.229 e. The van der Waals surface area contributed by atoms with Crippen LogP contribution in [0.4, 0.5) is 11.5 Å². The number of nitrogens with zero attached hydrogens (tertiary/aromatic N) is 3. The Morgan fingerprint density at radius 1 is 1.13 bits per heavy atom. The van der Waals surface area contributed by atoms with Crippen LogP contribution in [0.5, 0.6) is 0 Å². The van der Waals surface area contributed by atoms with Gasteiger partial charge in [-0.25, -0.2) is 9.97 Å². The number of nitrogens with one attached hydrogen (secondary N) is 1. The third-order valence-electron chi connectivity index (χ3n) is 6.01. The van der Waals surface area contributed by atoms with Gasteiger partial charge < -0.3 is 14.6 Å². The van der Waals surface area contributed by atoms with Gasteiger partial charge in [-0.15, -0.1) is 0 Å². The number of piperidine rings is 1. The number of carbonyl (C=O) groups is 1. The number of fused-ring (bicyclic) bond motifs is 3. The predicted molar refractivity (Wildman–Crippen MR) is 119 cm³/mol. The van der Waals surface area contributed by atoms with Crippen molar-refractivity contribution in [3.8, 4) is 0 Å². The van der Waals surface area contributed by atoms with Crippen LogP contribution < -0.4 is 10.2 Å². The largest absolute Gasteiger partial charge is 0.450 e. The summed E-state index contributed by atoms with van der Waals surface area (Å²) in [5.74, 6) is 0.715. The number of amides is 1. The number of aryl methyl sites for hydroxylation is 2. The maximum absolute atomic E-state index is 13.0. The molecule has 1 fully saturated rings. The number of para-hydroxylation sites is 1. The summed E-state index contributed by atoms with van der Waals surface area (Å²) >= 11 is 0. The van der Waals surface area contributed by atoms with Crippen LogP contribution in [0.25, 0.3) is 22.1 Å². The van der Waals surface area contributed by atoms with Gasteiger partial charge >= 0.3 is 0 Å². The SMILES string of the molecule is Cc1ccc(NC(=O)[C@H]2CCCN(c3ncnc4c3oc3ccccc34)C2)cc1C. The number of aromatic nitrogens is 2. The van der Waals surface area contributed by atoms with Gasteiger partial charge in [0.25, 0.3) is 0 Å². The van der Waals surface area contributed by atoms with E-state index in [1.54, 1.807) is 6.33 Å². The van der Waals surface area contributed by atoms with Crippen molar-refractivity contribution < 1.29 is 9.21 Å². The highest BCUT2D eigenvalue weighted by Gasteiger charge is 2.28. The number of furan rings is 1. The number of hydrogen-bond acceptors (Lipinski definition) is 5. The van der Waals surface area contributed by atoms with Crippen molar-refractivity contribution in [2.45, 2.75) is 26.7 Å². The second-order valence-electron chi connectivity index (χ2n) is 8.05. The molecule has 2 aromatic heterocycles. The van der Waals surface area contributed by atoms with Crippen LogP contribution in [0.15, 0.2) is 53.2 Å². The molecule has 3 heterocycles. The highest BCUT2D eigenvalue weighted by atomic mass is 16.3. The minimum atomic E-state index is -0.102. The fourth-order valence-electron chi connectivity index (χ4n) is 4.18. The van der Waals surface area contributed by atoms with E-state index in [-0.39, 0.29) is 11.8 Å². The van der Waals surface area contributed by atoms with Crippen LogP contribution >= 0.6 is 0 Å². The average Bonchev–Trinajstić information content (AvgIpc) is 3.15. The van der Waals surface area contributed by atoms with Gasteiger partial charge in [-0.2, -0.15) is 0 Å². The van der Waals surface area contributed by atoms with Crippen molar-refractivity contribution in [2.24, 2.45) is 5.92 Å². The highest BCUT2D eigenvalue weighted by Crippen LogP contribution is 2.34. The molecule has 1 saturated heterocycles. The van der Waals surface area contributed by atoms with E-state index >= 15 is 0 Å². The van der Waals surface area contributed by atoms with Gasteiger partial charge in [-0.3, -0.25) is 4.79 Å². The zero-order valence-corrected chi connectivity index (χ0v) is 17.2. The van der Waals surface area contributed by atoms with Crippen molar-refractivity contribution in [1.82, 2.24) is 9.97 Å². The lowest BCUT2D eigenvalue weighted by molar-refractivity contribution is -0.120. The van der Waals surface area contributed by atoms with Crippen molar-refractivity contribution in [3.05, 3.63) is 59.9 Å². The molecule has 6 nitrogen and oxygen atoms in total. The lowest BCUT2D eigenvalue weighted by atomic mass is 9.96. The average molecular weight is 400 g/mol. The molecular weight excluding hydrogens is 376 g/mol. The molecule has 6 heteroatoms. The fraction of sp³-hybridized carbons (Fsp3) is 0.292. The summed E-state index contributed by atoms with van der Waals surface area (Å²) in [5.41, 5.74) is 5.55. The lowest BCUT2D eigenvalue weighted by Gasteiger charge is -2.32. The van der Waals surface area contributed by atoms with Crippen LogP contribution in [0.1, 0.15) is 24.0 Å². The second-order valence-corrected chi connectivity index (χ2v) is 8.05. The Morgan fingerprint density at radius 2 is 2.00 bits per heavy atom. The Bertz CT molecular complexity index is 1250. The summed E-state index contributed by atoms with van der Waals surface area (Å²) in [6.07, 6.45) is 3.37. The summed E-state index contributed by atoms with van der Waals surface area (Å²) < 4.78 is 6.09. The molecule has 0 unspecified atom stereocenters. The first-order valence-electron chi connectivity index (χ1n) is 10.4. The third kappa shape index (κ3) is 3.28. The van der Waals surface area contributed by atoms with E-state index in [0.717, 1.165) is 47.4 Å². The number of benzene rings is 2. The van der Waals surface area contributed by atoms with E-state index in [1.807, 2.05) is 42.5 Å². The summed E-state index contributed by atoms with van der Waals surface area (Å²) in [6.45, 7) is 5.58. The van der Waals surface area contributed by atoms with Crippen LogP contribution in [0.3, 0.4) is 0 Å². The molecule has 0 saturated carbocycles. The minimum Gasteiger partial charge on any atom is -0.450 e. The summed E-state index contributed by atoms with van der Waals surface area (Å²) in [5, 5.41) is 4.07. The molecule has 1 atom stereocenters. The Kier molecular flexibility index (Phi) is 4.62. The molecule has 1 aliphatic rings. The Morgan fingerprint density at radius 3 is 2.87 bits per heavy atom. The van der Waals surface area contributed by atoms with Gasteiger partial charge in [-0.05, 0) is 62.1 Å². The van der Waals surface area contributed by atoms with E-state index in [1.165, 1.54) is 11.1 Å². The van der Waals surface area contributed by atoms with Crippen molar-refractivity contribution in [2.75, 3.05) is 23.3 Å². The minimum absolute atomic E-state index is 0.0536. The molecule has 0 spiro atoms. The van der Waals surface area contributed by atoms with Gasteiger partial charge in [0.05, 0.1) is 5.92 Å². The van der Waals surface area contributed by atoms with E-state index in [2.05, 4.69) is 34.0 Å². The Balaban J connectivity index is 1.40. The molecule has 0 aliphatic carbocycles. The maximum atomic E-state index is 13.0. The molecule has 0 radical (unpaired) electrons. The van der Waals surface area contributed by atoms with Gasteiger partial charge in [-0.1, -0.05) is 18.2 Å². The first-order chi connectivity index (χ1) is 14.6. The molecule has 2 aromatic carbocycles.